The largest absolute Gasteiger partial charge is 0.492 e. The van der Waals surface area contributed by atoms with Gasteiger partial charge in [0.25, 0.3) is 0 Å². The number of rotatable bonds is 11. The van der Waals surface area contributed by atoms with E-state index in [0.717, 1.165) is 29.0 Å². The first-order valence-electron chi connectivity index (χ1n) is 9.83. The molecule has 2 N–H and O–H groups in total. The number of thiazole rings is 1. The first-order valence-corrected chi connectivity index (χ1v) is 11.1. The lowest BCUT2D eigenvalue weighted by Gasteiger charge is -2.12. The molecule has 2 aromatic heterocycles. The molecule has 29 heavy (non-hydrogen) atoms. The Labute approximate surface area is 180 Å². The fourth-order valence-corrected chi connectivity index (χ4v) is 3.75. The Kier molecular flexibility index (Phi) is 8.43. The monoisotopic (exact) mass is 431 g/mol. The average molecular weight is 432 g/mol. The number of unbranched alkanes of at least 4 members (excludes halogenated alkanes) is 1. The van der Waals surface area contributed by atoms with Crippen molar-refractivity contribution in [1.29, 1.82) is 0 Å². The summed E-state index contributed by atoms with van der Waals surface area (Å²) in [5.41, 5.74) is 2.87. The van der Waals surface area contributed by atoms with Crippen LogP contribution in [0.4, 0.5) is 0 Å². The highest BCUT2D eigenvalue weighted by Crippen LogP contribution is 2.25. The second-order valence-electron chi connectivity index (χ2n) is 6.74. The summed E-state index contributed by atoms with van der Waals surface area (Å²) in [5, 5.41) is 17.0. The van der Waals surface area contributed by atoms with Gasteiger partial charge in [0.05, 0.1) is 16.8 Å². The zero-order valence-electron chi connectivity index (χ0n) is 16.5. The normalized spacial score (nSPS) is 12.1. The van der Waals surface area contributed by atoms with Crippen LogP contribution in [0.2, 0.25) is 5.15 Å². The molecule has 0 saturated heterocycles. The SMILES string of the molecule is CCCCc1nc(-c2ccc(OCCNC[C@H](O)c3ccc(Cl)nc3)cc2)cs1. The van der Waals surface area contributed by atoms with Gasteiger partial charge in [0.15, 0.2) is 0 Å². The summed E-state index contributed by atoms with van der Waals surface area (Å²) in [6.07, 6.45) is 4.38. The van der Waals surface area contributed by atoms with Crippen LogP contribution in [-0.4, -0.2) is 34.8 Å². The van der Waals surface area contributed by atoms with Gasteiger partial charge in [0.1, 0.15) is 17.5 Å². The minimum absolute atomic E-state index is 0.417. The highest BCUT2D eigenvalue weighted by molar-refractivity contribution is 7.09. The zero-order valence-corrected chi connectivity index (χ0v) is 18.0. The number of halogens is 1. The second kappa shape index (κ2) is 11.3. The van der Waals surface area contributed by atoms with E-state index in [-0.39, 0.29) is 0 Å². The van der Waals surface area contributed by atoms with E-state index in [0.29, 0.717) is 24.8 Å². The molecular formula is C22H26ClN3O2S. The summed E-state index contributed by atoms with van der Waals surface area (Å²) in [5.74, 6) is 0.819. The Morgan fingerprint density at radius 2 is 2.03 bits per heavy atom. The Balaban J connectivity index is 1.39. The van der Waals surface area contributed by atoms with Crippen LogP contribution in [0.25, 0.3) is 11.3 Å². The molecule has 0 aliphatic rings. The maximum absolute atomic E-state index is 10.1. The molecule has 5 nitrogen and oxygen atoms in total. The molecule has 2 heterocycles. The van der Waals surface area contributed by atoms with Crippen LogP contribution in [-0.2, 0) is 6.42 Å². The van der Waals surface area contributed by atoms with Gasteiger partial charge in [-0.1, -0.05) is 31.0 Å². The van der Waals surface area contributed by atoms with Crippen molar-refractivity contribution in [3.63, 3.8) is 0 Å². The van der Waals surface area contributed by atoms with Crippen molar-refractivity contribution in [3.8, 4) is 17.0 Å². The van der Waals surface area contributed by atoms with E-state index in [1.54, 1.807) is 29.7 Å². The minimum atomic E-state index is -0.626. The van der Waals surface area contributed by atoms with Crippen molar-refractivity contribution in [3.05, 3.63) is 63.7 Å². The number of nitrogens with one attached hydrogen (secondary N) is 1. The van der Waals surface area contributed by atoms with Crippen LogP contribution >= 0.6 is 22.9 Å². The number of hydrogen-bond acceptors (Lipinski definition) is 6. The van der Waals surface area contributed by atoms with Gasteiger partial charge in [-0.2, -0.15) is 0 Å². The van der Waals surface area contributed by atoms with E-state index in [9.17, 15) is 5.11 Å². The van der Waals surface area contributed by atoms with Crippen molar-refractivity contribution in [1.82, 2.24) is 15.3 Å². The fourth-order valence-electron chi connectivity index (χ4n) is 2.79. The first-order chi connectivity index (χ1) is 14.2. The van der Waals surface area contributed by atoms with Gasteiger partial charge in [0.2, 0.25) is 0 Å². The number of aryl methyl sites for hydroxylation is 1. The first kappa shape index (κ1) is 21.7. The Hall–Kier alpha value is -1.99. The quantitative estimate of drug-likeness (QED) is 0.333. The number of hydrogen-bond donors (Lipinski definition) is 2. The number of nitrogens with zero attached hydrogens (tertiary/aromatic N) is 2. The highest BCUT2D eigenvalue weighted by atomic mass is 35.5. The molecular weight excluding hydrogens is 406 g/mol. The predicted molar refractivity (Wildman–Crippen MR) is 119 cm³/mol. The number of benzene rings is 1. The molecule has 3 aromatic rings. The molecule has 0 spiro atoms. The Bertz CT molecular complexity index is 869. The third-order valence-electron chi connectivity index (χ3n) is 4.47. The van der Waals surface area contributed by atoms with Crippen molar-refractivity contribution >= 4 is 22.9 Å². The third-order valence-corrected chi connectivity index (χ3v) is 5.60. The lowest BCUT2D eigenvalue weighted by atomic mass is 10.1. The Morgan fingerprint density at radius 3 is 2.76 bits per heavy atom. The number of aliphatic hydroxyl groups excluding tert-OH is 1. The molecule has 0 aliphatic heterocycles. The smallest absolute Gasteiger partial charge is 0.129 e. The van der Waals surface area contributed by atoms with Crippen LogP contribution in [0, 0.1) is 0 Å². The van der Waals surface area contributed by atoms with Gasteiger partial charge in [-0.15, -0.1) is 11.3 Å². The summed E-state index contributed by atoms with van der Waals surface area (Å²) < 4.78 is 5.77. The Morgan fingerprint density at radius 1 is 1.21 bits per heavy atom. The average Bonchev–Trinajstić information content (AvgIpc) is 3.22. The van der Waals surface area contributed by atoms with E-state index in [4.69, 9.17) is 21.3 Å². The van der Waals surface area contributed by atoms with E-state index in [2.05, 4.69) is 22.6 Å². The van der Waals surface area contributed by atoms with Crippen LogP contribution in [0.5, 0.6) is 5.75 Å². The van der Waals surface area contributed by atoms with Gasteiger partial charge in [0, 0.05) is 35.8 Å². The summed E-state index contributed by atoms with van der Waals surface area (Å²) >= 11 is 7.48. The summed E-state index contributed by atoms with van der Waals surface area (Å²) in [7, 11) is 0. The van der Waals surface area contributed by atoms with E-state index in [1.165, 1.54) is 17.8 Å². The summed E-state index contributed by atoms with van der Waals surface area (Å²) in [6, 6.07) is 11.5. The molecule has 0 amide bonds. The second-order valence-corrected chi connectivity index (χ2v) is 8.07. The zero-order chi connectivity index (χ0) is 20.5. The van der Waals surface area contributed by atoms with Crippen LogP contribution in [0.15, 0.2) is 48.0 Å². The molecule has 1 aromatic carbocycles. The molecule has 0 aliphatic carbocycles. The highest BCUT2D eigenvalue weighted by Gasteiger charge is 2.08. The lowest BCUT2D eigenvalue weighted by Crippen LogP contribution is -2.26. The molecule has 0 unspecified atom stereocenters. The fraction of sp³-hybridized carbons (Fsp3) is 0.364. The number of ether oxygens (including phenoxy) is 1. The van der Waals surface area contributed by atoms with E-state index >= 15 is 0 Å². The molecule has 0 saturated carbocycles. The van der Waals surface area contributed by atoms with Crippen LogP contribution in [0.3, 0.4) is 0 Å². The van der Waals surface area contributed by atoms with E-state index < -0.39 is 6.10 Å². The molecule has 154 valence electrons. The van der Waals surface area contributed by atoms with Gasteiger partial charge >= 0.3 is 0 Å². The topological polar surface area (TPSA) is 67.3 Å². The molecule has 0 fully saturated rings. The molecule has 1 atom stereocenters. The number of pyridine rings is 1. The van der Waals surface area contributed by atoms with E-state index in [1.807, 2.05) is 24.3 Å². The third kappa shape index (κ3) is 6.78. The van der Waals surface area contributed by atoms with Crippen molar-refractivity contribution in [2.24, 2.45) is 0 Å². The van der Waals surface area contributed by atoms with Gasteiger partial charge in [-0.25, -0.2) is 9.97 Å². The predicted octanol–water partition coefficient (Wildman–Crippen LogP) is 4.90. The number of aromatic nitrogens is 2. The molecule has 3 rings (SSSR count). The van der Waals surface area contributed by atoms with Crippen molar-refractivity contribution in [2.45, 2.75) is 32.3 Å². The summed E-state index contributed by atoms with van der Waals surface area (Å²) in [4.78, 5) is 8.69. The molecule has 0 bridgehead atoms. The van der Waals surface area contributed by atoms with Crippen molar-refractivity contribution < 1.29 is 9.84 Å². The van der Waals surface area contributed by atoms with Crippen LogP contribution in [0.1, 0.15) is 36.4 Å². The van der Waals surface area contributed by atoms with Crippen molar-refractivity contribution in [2.75, 3.05) is 19.7 Å². The maximum atomic E-state index is 10.1. The maximum Gasteiger partial charge on any atom is 0.129 e. The summed E-state index contributed by atoms with van der Waals surface area (Å²) in [6.45, 7) is 3.77. The van der Waals surface area contributed by atoms with Gasteiger partial charge in [-0.05, 0) is 43.2 Å². The molecule has 0 radical (unpaired) electrons. The standard InChI is InChI=1S/C22H26ClN3O2S/c1-2-3-4-22-26-19(15-29-22)16-5-8-18(9-6-16)28-12-11-24-14-20(27)17-7-10-21(23)25-13-17/h5-10,13,15,20,24,27H,2-4,11-12,14H2,1H3/t20-/m0/s1. The lowest BCUT2D eigenvalue weighted by molar-refractivity contribution is 0.171. The molecule has 7 heteroatoms. The van der Waals surface area contributed by atoms with Crippen LogP contribution < -0.4 is 10.1 Å². The van der Waals surface area contributed by atoms with Gasteiger partial charge in [-0.3, -0.25) is 0 Å². The minimum Gasteiger partial charge on any atom is -0.492 e. The van der Waals surface area contributed by atoms with Gasteiger partial charge < -0.3 is 15.2 Å². The number of aliphatic hydroxyl groups is 1.